The summed E-state index contributed by atoms with van der Waals surface area (Å²) in [5, 5.41) is 11.0. The van der Waals surface area contributed by atoms with Gasteiger partial charge in [-0.3, -0.25) is 14.5 Å². The molecule has 2 aliphatic heterocycles. The van der Waals surface area contributed by atoms with Gasteiger partial charge in [-0.05, 0) is 50.2 Å². The van der Waals surface area contributed by atoms with Crippen LogP contribution in [-0.2, 0) is 9.59 Å². The summed E-state index contributed by atoms with van der Waals surface area (Å²) < 4.78 is 31.7. The maximum absolute atomic E-state index is 13.2. The van der Waals surface area contributed by atoms with Crippen LogP contribution in [0.3, 0.4) is 0 Å². The first-order chi connectivity index (χ1) is 16.5. The summed E-state index contributed by atoms with van der Waals surface area (Å²) in [6.45, 7) is 8.54. The van der Waals surface area contributed by atoms with Crippen molar-refractivity contribution in [3.05, 3.63) is 34.9 Å². The summed E-state index contributed by atoms with van der Waals surface area (Å²) in [5.74, 6) is -2.64. The average Bonchev–Trinajstić information content (AvgIpc) is 3.29. The van der Waals surface area contributed by atoms with E-state index in [-0.39, 0.29) is 11.8 Å². The van der Waals surface area contributed by atoms with E-state index in [9.17, 15) is 22.8 Å². The Morgan fingerprint density at radius 1 is 1.14 bits per heavy atom. The number of alkyl halides is 3. The molecule has 2 fully saturated rings. The Balaban J connectivity index is 0.000000540. The van der Waals surface area contributed by atoms with E-state index in [2.05, 4.69) is 17.1 Å². The highest BCUT2D eigenvalue weighted by molar-refractivity contribution is 6.30. The average molecular weight is 521 g/mol. The van der Waals surface area contributed by atoms with Gasteiger partial charge < -0.3 is 20.2 Å². The molecule has 1 atom stereocenters. The van der Waals surface area contributed by atoms with Gasteiger partial charge in [0.1, 0.15) is 0 Å². The number of carboxylic acid groups (broad SMARTS) is 1. The molecule has 2 N–H and O–H groups in total. The van der Waals surface area contributed by atoms with Crippen LogP contribution in [0.2, 0.25) is 5.02 Å². The van der Waals surface area contributed by atoms with E-state index < -0.39 is 12.1 Å². The molecule has 196 valence electrons. The molecule has 2 aliphatic rings. The molecule has 0 radical (unpaired) electrons. The SMILES string of the molecule is CCN1CCCC1CN(CCC(=O)N1CCNCC1)C(=O)c1ccc(Cl)cc1.O=C(O)C(F)(F)F. The lowest BCUT2D eigenvalue weighted by Gasteiger charge is -2.32. The zero-order valence-corrected chi connectivity index (χ0v) is 20.4. The number of aliphatic carboxylic acids is 1. The molecule has 2 heterocycles. The fraction of sp³-hybridized carbons (Fsp3) is 0.609. The fourth-order valence-electron chi connectivity index (χ4n) is 4.13. The van der Waals surface area contributed by atoms with Crippen molar-refractivity contribution in [3.63, 3.8) is 0 Å². The summed E-state index contributed by atoms with van der Waals surface area (Å²) >= 11 is 5.97. The van der Waals surface area contributed by atoms with E-state index in [4.69, 9.17) is 21.5 Å². The van der Waals surface area contributed by atoms with Gasteiger partial charge in [0, 0.05) is 62.3 Å². The van der Waals surface area contributed by atoms with Crippen molar-refractivity contribution < 1.29 is 32.7 Å². The highest BCUT2D eigenvalue weighted by atomic mass is 35.5. The number of hydrogen-bond donors (Lipinski definition) is 2. The van der Waals surface area contributed by atoms with E-state index in [0.717, 1.165) is 45.7 Å². The number of amides is 2. The van der Waals surface area contributed by atoms with Crippen molar-refractivity contribution in [2.75, 3.05) is 52.4 Å². The Hall–Kier alpha value is -2.37. The molecule has 2 amide bonds. The Bertz CT molecular complexity index is 848. The summed E-state index contributed by atoms with van der Waals surface area (Å²) in [7, 11) is 0. The molecule has 1 unspecified atom stereocenters. The minimum absolute atomic E-state index is 0.0206. The predicted octanol–water partition coefficient (Wildman–Crippen LogP) is 2.72. The lowest BCUT2D eigenvalue weighted by molar-refractivity contribution is -0.192. The minimum atomic E-state index is -5.08. The first-order valence-corrected chi connectivity index (χ1v) is 12.0. The molecule has 8 nitrogen and oxygen atoms in total. The number of halogens is 4. The number of piperazine rings is 1. The lowest BCUT2D eigenvalue weighted by atomic mass is 10.1. The molecule has 1 aromatic carbocycles. The molecule has 35 heavy (non-hydrogen) atoms. The second-order valence-electron chi connectivity index (χ2n) is 8.37. The van der Waals surface area contributed by atoms with Gasteiger partial charge in [0.15, 0.2) is 0 Å². The predicted molar refractivity (Wildman–Crippen MR) is 125 cm³/mol. The molecule has 0 spiro atoms. The van der Waals surface area contributed by atoms with Crippen molar-refractivity contribution in [2.45, 2.75) is 38.4 Å². The maximum Gasteiger partial charge on any atom is 0.490 e. The van der Waals surface area contributed by atoms with Crippen molar-refractivity contribution >= 4 is 29.4 Å². The smallest absolute Gasteiger partial charge is 0.475 e. The number of benzene rings is 1. The monoisotopic (exact) mass is 520 g/mol. The number of hydrogen-bond acceptors (Lipinski definition) is 5. The van der Waals surface area contributed by atoms with Gasteiger partial charge in [0.25, 0.3) is 5.91 Å². The summed E-state index contributed by atoms with van der Waals surface area (Å²) in [4.78, 5) is 40.8. The summed E-state index contributed by atoms with van der Waals surface area (Å²) in [6.07, 6.45) is -2.44. The molecule has 0 aliphatic carbocycles. The maximum atomic E-state index is 13.2. The van der Waals surface area contributed by atoms with Crippen LogP contribution < -0.4 is 5.32 Å². The number of likely N-dealkylation sites (N-methyl/N-ethyl adjacent to an activating group) is 1. The lowest BCUT2D eigenvalue weighted by Crippen LogP contribution is -2.48. The van der Waals surface area contributed by atoms with Crippen LogP contribution in [0.1, 0.15) is 36.5 Å². The van der Waals surface area contributed by atoms with E-state index >= 15 is 0 Å². The summed E-state index contributed by atoms with van der Waals surface area (Å²) in [6, 6.07) is 7.39. The van der Waals surface area contributed by atoms with Crippen LogP contribution in [0.25, 0.3) is 0 Å². The van der Waals surface area contributed by atoms with Crippen LogP contribution in [0.15, 0.2) is 24.3 Å². The zero-order valence-electron chi connectivity index (χ0n) is 19.7. The Morgan fingerprint density at radius 3 is 2.29 bits per heavy atom. The van der Waals surface area contributed by atoms with Crippen molar-refractivity contribution in [1.29, 1.82) is 0 Å². The number of carbonyl (C=O) groups excluding carboxylic acids is 2. The standard InChI is InChI=1S/C21H31ClN4O2.C2HF3O2/c1-2-24-12-3-4-19(24)16-26(21(28)17-5-7-18(22)8-6-17)13-9-20(27)25-14-10-23-11-15-25;3-2(4,5)1(6)7/h5-8,19,23H,2-4,9-16H2,1H3;(H,6,7). The third-order valence-corrected chi connectivity index (χ3v) is 6.27. The quantitative estimate of drug-likeness (QED) is 0.574. The number of nitrogens with one attached hydrogen (secondary N) is 1. The van der Waals surface area contributed by atoms with Crippen molar-refractivity contribution in [3.8, 4) is 0 Å². The second kappa shape index (κ2) is 13.6. The first-order valence-electron chi connectivity index (χ1n) is 11.6. The highest BCUT2D eigenvalue weighted by Gasteiger charge is 2.38. The highest BCUT2D eigenvalue weighted by Crippen LogP contribution is 2.20. The number of carboxylic acids is 1. The summed E-state index contributed by atoms with van der Waals surface area (Å²) in [5.41, 5.74) is 0.625. The molecule has 0 aromatic heterocycles. The van der Waals surface area contributed by atoms with Crippen LogP contribution in [-0.4, -0.2) is 102 Å². The van der Waals surface area contributed by atoms with Gasteiger partial charge in [-0.2, -0.15) is 13.2 Å². The van der Waals surface area contributed by atoms with Crippen LogP contribution in [0.5, 0.6) is 0 Å². The Labute approximate surface area is 208 Å². The number of likely N-dealkylation sites (tertiary alicyclic amines) is 1. The number of rotatable bonds is 7. The van der Waals surface area contributed by atoms with Crippen LogP contribution in [0.4, 0.5) is 13.2 Å². The normalized spacial score (nSPS) is 18.5. The second-order valence-corrected chi connectivity index (χ2v) is 8.80. The molecule has 1 aromatic rings. The number of carbonyl (C=O) groups is 3. The van der Waals surface area contributed by atoms with E-state index in [0.29, 0.717) is 36.1 Å². The topological polar surface area (TPSA) is 93.2 Å². The molecular formula is C23H32ClF3N4O4. The molecule has 3 rings (SSSR count). The molecule has 0 bridgehead atoms. The van der Waals surface area contributed by atoms with E-state index in [1.165, 1.54) is 6.42 Å². The minimum Gasteiger partial charge on any atom is -0.475 e. The van der Waals surface area contributed by atoms with Gasteiger partial charge in [0.05, 0.1) is 0 Å². The van der Waals surface area contributed by atoms with Gasteiger partial charge in [-0.1, -0.05) is 18.5 Å². The Kier molecular flexibility index (Phi) is 11.3. The van der Waals surface area contributed by atoms with Gasteiger partial charge >= 0.3 is 12.1 Å². The van der Waals surface area contributed by atoms with Gasteiger partial charge in [-0.25, -0.2) is 4.79 Å². The van der Waals surface area contributed by atoms with Crippen LogP contribution >= 0.6 is 11.6 Å². The van der Waals surface area contributed by atoms with Gasteiger partial charge in [-0.15, -0.1) is 0 Å². The fourth-order valence-corrected chi connectivity index (χ4v) is 4.25. The molecule has 12 heteroatoms. The molecule has 2 saturated heterocycles. The molecular weight excluding hydrogens is 489 g/mol. The third-order valence-electron chi connectivity index (χ3n) is 6.02. The first kappa shape index (κ1) is 28.9. The molecule has 0 saturated carbocycles. The largest absolute Gasteiger partial charge is 0.490 e. The third kappa shape index (κ3) is 9.30. The number of nitrogens with zero attached hydrogens (tertiary/aromatic N) is 3. The van der Waals surface area contributed by atoms with E-state index in [1.54, 1.807) is 24.3 Å². The van der Waals surface area contributed by atoms with Crippen molar-refractivity contribution in [1.82, 2.24) is 20.0 Å². The van der Waals surface area contributed by atoms with Gasteiger partial charge in [0.2, 0.25) is 5.91 Å². The van der Waals surface area contributed by atoms with Crippen molar-refractivity contribution in [2.24, 2.45) is 0 Å². The Morgan fingerprint density at radius 2 is 1.74 bits per heavy atom. The van der Waals surface area contributed by atoms with Crippen LogP contribution in [0, 0.1) is 0 Å². The van der Waals surface area contributed by atoms with E-state index in [1.807, 2.05) is 9.80 Å². The zero-order chi connectivity index (χ0) is 26.0.